The number of ether oxygens (including phenoxy) is 1. The highest BCUT2D eigenvalue weighted by Gasteiger charge is 2.37. The Kier molecular flexibility index (Phi) is 4.30. The van der Waals surface area contributed by atoms with Gasteiger partial charge in [0.1, 0.15) is 5.75 Å². The first kappa shape index (κ1) is 15.1. The number of Topliss-reactive ketones (excluding diaryl/α,β-unsaturated/α-hetero) is 1. The van der Waals surface area contributed by atoms with E-state index in [-0.39, 0.29) is 5.56 Å². The van der Waals surface area contributed by atoms with Crippen LogP contribution in [0.25, 0.3) is 0 Å². The molecule has 0 radical (unpaired) electrons. The van der Waals surface area contributed by atoms with Gasteiger partial charge in [0.2, 0.25) is 5.78 Å². The average Bonchev–Trinajstić information content (AvgIpc) is 2.86. The highest BCUT2D eigenvalue weighted by Crippen LogP contribution is 2.19. The molecule has 0 amide bonds. The maximum atomic E-state index is 12.2. The van der Waals surface area contributed by atoms with Crippen molar-refractivity contribution in [2.75, 3.05) is 7.11 Å². The Hall–Kier alpha value is -2.31. The molecule has 21 heavy (non-hydrogen) atoms. The van der Waals surface area contributed by atoms with Crippen LogP contribution in [0, 0.1) is 0 Å². The van der Waals surface area contributed by atoms with E-state index in [9.17, 15) is 18.0 Å². The van der Waals surface area contributed by atoms with Crippen LogP contribution in [0.5, 0.6) is 5.75 Å². The third-order valence-electron chi connectivity index (χ3n) is 2.87. The molecule has 0 aliphatic carbocycles. The fourth-order valence-electron chi connectivity index (χ4n) is 1.79. The first-order valence-corrected chi connectivity index (χ1v) is 6.13. The van der Waals surface area contributed by atoms with Gasteiger partial charge in [0.25, 0.3) is 0 Å². The molecule has 1 heterocycles. The summed E-state index contributed by atoms with van der Waals surface area (Å²) < 4.78 is 43.0. The second kappa shape index (κ2) is 5.99. The highest BCUT2D eigenvalue weighted by molar-refractivity contribution is 5.85. The Balaban J connectivity index is 2.01. The molecule has 4 nitrogen and oxygen atoms in total. The molecule has 0 atom stereocenters. The van der Waals surface area contributed by atoms with Crippen LogP contribution < -0.4 is 4.74 Å². The smallest absolute Gasteiger partial charge is 0.450 e. The number of ketones is 1. The molecule has 0 N–H and O–H groups in total. The van der Waals surface area contributed by atoms with Crippen molar-refractivity contribution in [1.82, 2.24) is 9.78 Å². The molecule has 7 heteroatoms. The molecular formula is C14H13F3N2O2. The van der Waals surface area contributed by atoms with Crippen molar-refractivity contribution in [1.29, 1.82) is 0 Å². The van der Waals surface area contributed by atoms with Crippen molar-refractivity contribution in [3.05, 3.63) is 47.8 Å². The summed E-state index contributed by atoms with van der Waals surface area (Å²) >= 11 is 0. The van der Waals surface area contributed by atoms with Gasteiger partial charge in [0.15, 0.2) is 0 Å². The number of alkyl halides is 3. The normalized spacial score (nSPS) is 11.4. The van der Waals surface area contributed by atoms with E-state index >= 15 is 0 Å². The van der Waals surface area contributed by atoms with Gasteiger partial charge >= 0.3 is 6.18 Å². The van der Waals surface area contributed by atoms with Gasteiger partial charge in [0, 0.05) is 12.6 Å². The minimum absolute atomic E-state index is 0.242. The van der Waals surface area contributed by atoms with Crippen molar-refractivity contribution >= 4 is 5.78 Å². The summed E-state index contributed by atoms with van der Waals surface area (Å²) in [4.78, 5) is 10.9. The van der Waals surface area contributed by atoms with Crippen molar-refractivity contribution in [2.45, 2.75) is 19.1 Å². The summed E-state index contributed by atoms with van der Waals surface area (Å²) in [6.45, 7) is 0.407. The number of rotatable bonds is 5. The second-order valence-electron chi connectivity index (χ2n) is 4.49. The lowest BCUT2D eigenvalue weighted by Gasteiger charge is -2.04. The van der Waals surface area contributed by atoms with Gasteiger partial charge in [-0.25, -0.2) is 0 Å². The standard InChI is InChI=1S/C14H13F3N2O2/c1-21-12-4-2-10(3-5-12)8-19-9-11(7-18-19)6-13(20)14(15,16)17/h2-5,7,9H,6,8H2,1H3. The number of carbonyl (C=O) groups excluding carboxylic acids is 1. The fourth-order valence-corrected chi connectivity index (χ4v) is 1.79. The molecule has 112 valence electrons. The van der Waals surface area contributed by atoms with Gasteiger partial charge in [-0.05, 0) is 23.3 Å². The zero-order chi connectivity index (χ0) is 15.5. The summed E-state index contributed by atoms with van der Waals surface area (Å²) in [7, 11) is 1.56. The molecule has 0 aliphatic heterocycles. The minimum atomic E-state index is -4.81. The number of aromatic nitrogens is 2. The number of nitrogens with zero attached hydrogens (tertiary/aromatic N) is 2. The Bertz CT molecular complexity index is 618. The zero-order valence-corrected chi connectivity index (χ0v) is 11.2. The SMILES string of the molecule is COc1ccc(Cn2cc(CC(=O)C(F)(F)F)cn2)cc1. The first-order chi connectivity index (χ1) is 9.88. The van der Waals surface area contributed by atoms with E-state index in [0.29, 0.717) is 6.54 Å². The number of carbonyl (C=O) groups is 1. The molecule has 0 fully saturated rings. The Morgan fingerprint density at radius 1 is 1.24 bits per heavy atom. The summed E-state index contributed by atoms with van der Waals surface area (Å²) in [6, 6.07) is 7.24. The van der Waals surface area contributed by atoms with E-state index in [1.807, 2.05) is 12.1 Å². The van der Waals surface area contributed by atoms with Crippen molar-refractivity contribution in [2.24, 2.45) is 0 Å². The predicted octanol–water partition coefficient (Wildman–Crippen LogP) is 2.61. The molecule has 2 aromatic rings. The van der Waals surface area contributed by atoms with Gasteiger partial charge in [-0.15, -0.1) is 0 Å². The molecule has 0 saturated carbocycles. The number of methoxy groups -OCH3 is 1. The summed E-state index contributed by atoms with van der Waals surface area (Å²) in [6.07, 6.45) is -2.79. The lowest BCUT2D eigenvalue weighted by atomic mass is 10.2. The number of hydrogen-bond donors (Lipinski definition) is 0. The van der Waals surface area contributed by atoms with Crippen LogP contribution in [-0.2, 0) is 17.8 Å². The van der Waals surface area contributed by atoms with Crippen LogP contribution in [0.2, 0.25) is 0 Å². The Morgan fingerprint density at radius 3 is 2.48 bits per heavy atom. The van der Waals surface area contributed by atoms with Crippen LogP contribution in [-0.4, -0.2) is 28.8 Å². The lowest BCUT2D eigenvalue weighted by molar-refractivity contribution is -0.170. The lowest BCUT2D eigenvalue weighted by Crippen LogP contribution is -2.24. The van der Waals surface area contributed by atoms with E-state index in [2.05, 4.69) is 5.10 Å². The van der Waals surface area contributed by atoms with E-state index in [1.54, 1.807) is 19.2 Å². The molecule has 0 unspecified atom stereocenters. The molecule has 2 rings (SSSR count). The van der Waals surface area contributed by atoms with Crippen molar-refractivity contribution in [3.63, 3.8) is 0 Å². The minimum Gasteiger partial charge on any atom is -0.497 e. The van der Waals surface area contributed by atoms with Crippen LogP contribution in [0.4, 0.5) is 13.2 Å². The molecule has 0 saturated heterocycles. The molecule has 0 aliphatic rings. The van der Waals surface area contributed by atoms with Gasteiger partial charge in [-0.2, -0.15) is 18.3 Å². The van der Waals surface area contributed by atoms with E-state index < -0.39 is 18.4 Å². The van der Waals surface area contributed by atoms with Gasteiger partial charge in [0.05, 0.1) is 19.9 Å². The molecule has 0 spiro atoms. The van der Waals surface area contributed by atoms with Crippen LogP contribution >= 0.6 is 0 Å². The van der Waals surface area contributed by atoms with E-state index in [4.69, 9.17) is 4.74 Å². The predicted molar refractivity (Wildman–Crippen MR) is 69.1 cm³/mol. The molecule has 1 aromatic carbocycles. The monoisotopic (exact) mass is 298 g/mol. The first-order valence-electron chi connectivity index (χ1n) is 6.13. The zero-order valence-electron chi connectivity index (χ0n) is 11.2. The maximum absolute atomic E-state index is 12.2. The topological polar surface area (TPSA) is 44.1 Å². The third kappa shape index (κ3) is 4.08. The highest BCUT2D eigenvalue weighted by atomic mass is 19.4. The van der Waals surface area contributed by atoms with E-state index in [0.717, 1.165) is 11.3 Å². The fraction of sp³-hybridized carbons (Fsp3) is 0.286. The van der Waals surface area contributed by atoms with Gasteiger partial charge in [-0.3, -0.25) is 9.48 Å². The second-order valence-corrected chi connectivity index (χ2v) is 4.49. The van der Waals surface area contributed by atoms with Crippen LogP contribution in [0.15, 0.2) is 36.7 Å². The van der Waals surface area contributed by atoms with Crippen LogP contribution in [0.1, 0.15) is 11.1 Å². The molecule has 0 bridgehead atoms. The third-order valence-corrected chi connectivity index (χ3v) is 2.87. The molecular weight excluding hydrogens is 285 g/mol. The van der Waals surface area contributed by atoms with Crippen molar-refractivity contribution in [3.8, 4) is 5.75 Å². The van der Waals surface area contributed by atoms with Gasteiger partial charge < -0.3 is 4.74 Å². The number of hydrogen-bond acceptors (Lipinski definition) is 3. The maximum Gasteiger partial charge on any atom is 0.450 e. The number of benzene rings is 1. The Morgan fingerprint density at radius 2 is 1.90 bits per heavy atom. The van der Waals surface area contributed by atoms with Crippen LogP contribution in [0.3, 0.4) is 0 Å². The summed E-state index contributed by atoms with van der Waals surface area (Å²) in [5.41, 5.74) is 1.17. The molecule has 1 aromatic heterocycles. The quantitative estimate of drug-likeness (QED) is 0.852. The largest absolute Gasteiger partial charge is 0.497 e. The average molecular weight is 298 g/mol. The van der Waals surface area contributed by atoms with Gasteiger partial charge in [-0.1, -0.05) is 12.1 Å². The Labute approximate surface area is 119 Å². The summed E-state index contributed by atoms with van der Waals surface area (Å²) in [5, 5.41) is 3.96. The summed E-state index contributed by atoms with van der Waals surface area (Å²) in [5.74, 6) is -1.05. The number of halogens is 3. The van der Waals surface area contributed by atoms with E-state index in [1.165, 1.54) is 17.1 Å². The van der Waals surface area contributed by atoms with Crippen molar-refractivity contribution < 1.29 is 22.7 Å².